The third-order valence-electron chi connectivity index (χ3n) is 3.22. The highest BCUT2D eigenvalue weighted by Gasteiger charge is 2.24. The Balaban J connectivity index is 1.78. The Labute approximate surface area is 143 Å². The van der Waals surface area contributed by atoms with Gasteiger partial charge < -0.3 is 10.1 Å². The molecule has 1 N–H and O–H groups in total. The number of hydrogen-bond acceptors (Lipinski definition) is 4. The summed E-state index contributed by atoms with van der Waals surface area (Å²) in [5, 5.41) is 3.15. The molecule has 0 saturated carbocycles. The van der Waals surface area contributed by atoms with Gasteiger partial charge in [0.1, 0.15) is 11.6 Å². The number of nitrogens with zero attached hydrogens (tertiary/aromatic N) is 1. The molecule has 1 aliphatic rings. The summed E-state index contributed by atoms with van der Waals surface area (Å²) < 4.78 is 19.1. The van der Waals surface area contributed by atoms with Gasteiger partial charge in [-0.05, 0) is 55.1 Å². The van der Waals surface area contributed by atoms with Crippen LogP contribution in [0.3, 0.4) is 0 Å². The summed E-state index contributed by atoms with van der Waals surface area (Å²) in [7, 11) is 0. The van der Waals surface area contributed by atoms with Crippen LogP contribution in [0.5, 0.6) is 5.75 Å². The summed E-state index contributed by atoms with van der Waals surface area (Å²) in [5.74, 6) is 0.118. The van der Waals surface area contributed by atoms with E-state index < -0.39 is 0 Å². The third-order valence-corrected chi connectivity index (χ3v) is 4.13. The molecule has 2 aromatic carbocycles. The Kier molecular flexibility index (Phi) is 4.96. The minimum absolute atomic E-state index is 0.284. The standard InChI is InChI=1S/C18H15FN2O2S/c1-2-23-14-9-7-13(8-10-14)20-18-21-17(22)16(24-18)11-12-5-3-4-6-15(12)19/h3-11H,2H2,1H3,(H,20,21,22). The Hall–Kier alpha value is -2.60. The van der Waals surface area contributed by atoms with Gasteiger partial charge in [0.05, 0.1) is 17.2 Å². The Morgan fingerprint density at radius 2 is 1.96 bits per heavy atom. The van der Waals surface area contributed by atoms with Gasteiger partial charge in [-0.15, -0.1) is 0 Å². The maximum atomic E-state index is 13.7. The van der Waals surface area contributed by atoms with Crippen LogP contribution in [0.4, 0.5) is 10.1 Å². The van der Waals surface area contributed by atoms with Crippen molar-refractivity contribution in [1.29, 1.82) is 0 Å². The van der Waals surface area contributed by atoms with Gasteiger partial charge in [-0.2, -0.15) is 0 Å². The van der Waals surface area contributed by atoms with E-state index in [-0.39, 0.29) is 11.7 Å². The van der Waals surface area contributed by atoms with Crippen LogP contribution >= 0.6 is 11.8 Å². The van der Waals surface area contributed by atoms with Crippen LogP contribution in [0.25, 0.3) is 6.08 Å². The second-order valence-corrected chi connectivity index (χ2v) is 5.96. The number of nitrogens with one attached hydrogen (secondary N) is 1. The molecule has 0 spiro atoms. The molecule has 6 heteroatoms. The number of hydrogen-bond donors (Lipinski definition) is 1. The van der Waals surface area contributed by atoms with Crippen molar-refractivity contribution in [2.45, 2.75) is 6.92 Å². The monoisotopic (exact) mass is 342 g/mol. The molecule has 1 saturated heterocycles. The van der Waals surface area contributed by atoms with E-state index in [2.05, 4.69) is 10.3 Å². The summed E-state index contributed by atoms with van der Waals surface area (Å²) >= 11 is 1.18. The third kappa shape index (κ3) is 3.83. The van der Waals surface area contributed by atoms with Gasteiger partial charge in [0.2, 0.25) is 0 Å². The molecule has 0 aromatic heterocycles. The van der Waals surface area contributed by atoms with E-state index in [1.54, 1.807) is 18.2 Å². The maximum absolute atomic E-state index is 13.7. The van der Waals surface area contributed by atoms with Crippen molar-refractivity contribution in [3.05, 3.63) is 64.8 Å². The fraction of sp³-hybridized carbons (Fsp3) is 0.111. The first-order chi connectivity index (χ1) is 11.7. The molecule has 122 valence electrons. The van der Waals surface area contributed by atoms with E-state index in [1.807, 2.05) is 31.2 Å². The van der Waals surface area contributed by atoms with E-state index in [0.717, 1.165) is 5.75 Å². The number of amidine groups is 1. The number of carbonyl (C=O) groups is 1. The van der Waals surface area contributed by atoms with Crippen LogP contribution in [0.1, 0.15) is 12.5 Å². The van der Waals surface area contributed by atoms with Crippen LogP contribution in [0.15, 0.2) is 58.4 Å². The van der Waals surface area contributed by atoms with Crippen LogP contribution in [-0.2, 0) is 4.79 Å². The SMILES string of the molecule is CCOc1ccc(N=C2NC(=O)C(=Cc3ccccc3F)S2)cc1. The normalized spacial score (nSPS) is 17.3. The number of thioether (sulfide) groups is 1. The molecule has 0 aliphatic carbocycles. The van der Waals surface area contributed by atoms with Gasteiger partial charge in [-0.1, -0.05) is 18.2 Å². The number of rotatable bonds is 4. The second-order valence-electron chi connectivity index (χ2n) is 4.93. The van der Waals surface area contributed by atoms with E-state index in [9.17, 15) is 9.18 Å². The molecule has 1 amide bonds. The quantitative estimate of drug-likeness (QED) is 0.851. The smallest absolute Gasteiger partial charge is 0.264 e. The summed E-state index contributed by atoms with van der Waals surface area (Å²) in [6.45, 7) is 2.52. The number of ether oxygens (including phenoxy) is 1. The number of aliphatic imine (C=N–C) groups is 1. The molecule has 0 radical (unpaired) electrons. The largest absolute Gasteiger partial charge is 0.494 e. The second kappa shape index (κ2) is 7.31. The van der Waals surface area contributed by atoms with E-state index >= 15 is 0 Å². The van der Waals surface area contributed by atoms with E-state index in [1.165, 1.54) is 23.9 Å². The van der Waals surface area contributed by atoms with Crippen molar-refractivity contribution in [2.75, 3.05) is 6.61 Å². The zero-order valence-corrected chi connectivity index (χ0v) is 13.8. The molecule has 2 aromatic rings. The highest BCUT2D eigenvalue weighted by Crippen LogP contribution is 2.29. The first-order valence-corrected chi connectivity index (χ1v) is 8.24. The molecule has 1 aliphatic heterocycles. The summed E-state index contributed by atoms with van der Waals surface area (Å²) in [6.07, 6.45) is 1.52. The first kappa shape index (κ1) is 16.3. The Morgan fingerprint density at radius 1 is 1.21 bits per heavy atom. The zero-order chi connectivity index (χ0) is 16.9. The van der Waals surface area contributed by atoms with Crippen molar-refractivity contribution in [1.82, 2.24) is 5.32 Å². The lowest BCUT2D eigenvalue weighted by Crippen LogP contribution is -2.19. The van der Waals surface area contributed by atoms with Crippen LogP contribution in [0, 0.1) is 5.82 Å². The molecular weight excluding hydrogens is 327 g/mol. The van der Waals surface area contributed by atoms with Crippen molar-refractivity contribution >= 4 is 34.6 Å². The molecule has 4 nitrogen and oxygen atoms in total. The van der Waals surface area contributed by atoms with E-state index in [0.29, 0.717) is 27.9 Å². The first-order valence-electron chi connectivity index (χ1n) is 7.42. The average molecular weight is 342 g/mol. The molecule has 0 atom stereocenters. The number of benzene rings is 2. The van der Waals surface area contributed by atoms with Gasteiger partial charge in [-0.3, -0.25) is 4.79 Å². The Bertz CT molecular complexity index is 816. The topological polar surface area (TPSA) is 50.7 Å². The van der Waals surface area contributed by atoms with Gasteiger partial charge in [0.25, 0.3) is 5.91 Å². The summed E-state index contributed by atoms with van der Waals surface area (Å²) in [4.78, 5) is 16.8. The van der Waals surface area contributed by atoms with Crippen molar-refractivity contribution in [3.63, 3.8) is 0 Å². The molecule has 1 heterocycles. The highest BCUT2D eigenvalue weighted by atomic mass is 32.2. The summed E-state index contributed by atoms with van der Waals surface area (Å²) in [6, 6.07) is 13.6. The number of amides is 1. The molecule has 24 heavy (non-hydrogen) atoms. The van der Waals surface area contributed by atoms with Crippen LogP contribution in [-0.4, -0.2) is 17.7 Å². The fourth-order valence-electron chi connectivity index (χ4n) is 2.11. The molecule has 0 unspecified atom stereocenters. The minimum Gasteiger partial charge on any atom is -0.494 e. The molecular formula is C18H15FN2O2S. The predicted molar refractivity (Wildman–Crippen MR) is 94.8 cm³/mol. The van der Waals surface area contributed by atoms with E-state index in [4.69, 9.17) is 4.74 Å². The van der Waals surface area contributed by atoms with Crippen molar-refractivity contribution < 1.29 is 13.9 Å². The number of halogens is 1. The van der Waals surface area contributed by atoms with Gasteiger partial charge in [-0.25, -0.2) is 9.38 Å². The predicted octanol–water partition coefficient (Wildman–Crippen LogP) is 4.12. The van der Waals surface area contributed by atoms with Gasteiger partial charge in [0, 0.05) is 5.56 Å². The highest BCUT2D eigenvalue weighted by molar-refractivity contribution is 8.18. The Morgan fingerprint density at radius 3 is 2.67 bits per heavy atom. The molecule has 1 fully saturated rings. The molecule has 0 bridgehead atoms. The number of carbonyl (C=O) groups excluding carboxylic acids is 1. The maximum Gasteiger partial charge on any atom is 0.264 e. The lowest BCUT2D eigenvalue weighted by atomic mass is 10.2. The van der Waals surface area contributed by atoms with Gasteiger partial charge in [0.15, 0.2) is 5.17 Å². The fourth-order valence-corrected chi connectivity index (χ4v) is 2.95. The van der Waals surface area contributed by atoms with Crippen LogP contribution in [0.2, 0.25) is 0 Å². The lowest BCUT2D eigenvalue weighted by Gasteiger charge is -2.02. The molecule has 3 rings (SSSR count). The van der Waals surface area contributed by atoms with Gasteiger partial charge >= 0.3 is 0 Å². The lowest BCUT2D eigenvalue weighted by molar-refractivity contribution is -0.115. The van der Waals surface area contributed by atoms with Crippen LogP contribution < -0.4 is 10.1 Å². The zero-order valence-electron chi connectivity index (χ0n) is 13.0. The summed E-state index contributed by atoms with van der Waals surface area (Å²) in [5.41, 5.74) is 1.07. The van der Waals surface area contributed by atoms with Crippen molar-refractivity contribution in [3.8, 4) is 5.75 Å². The van der Waals surface area contributed by atoms with Crippen molar-refractivity contribution in [2.24, 2.45) is 4.99 Å². The minimum atomic E-state index is -0.365. The average Bonchev–Trinajstić information content (AvgIpc) is 2.91.